The molecule has 1 heterocycles. The quantitative estimate of drug-likeness (QED) is 0.335. The van der Waals surface area contributed by atoms with Gasteiger partial charge < -0.3 is 20.7 Å². The molecule has 7 nitrogen and oxygen atoms in total. The summed E-state index contributed by atoms with van der Waals surface area (Å²) in [5, 5.41) is 9.53. The predicted octanol–water partition coefficient (Wildman–Crippen LogP) is 6.10. The molecule has 3 N–H and O–H groups in total. The normalized spacial score (nSPS) is 10.5. The van der Waals surface area contributed by atoms with Crippen molar-refractivity contribution in [1.29, 1.82) is 0 Å². The van der Waals surface area contributed by atoms with Crippen molar-refractivity contribution in [2.24, 2.45) is 0 Å². The zero-order valence-electron chi connectivity index (χ0n) is 18.0. The van der Waals surface area contributed by atoms with E-state index in [0.29, 0.717) is 44.3 Å². The Morgan fingerprint density at radius 3 is 2.30 bits per heavy atom. The number of amides is 3. The second-order valence-corrected chi connectivity index (χ2v) is 7.69. The second kappa shape index (κ2) is 9.58. The molecule has 166 valence electrons. The first-order valence-electron chi connectivity index (χ1n) is 10.1. The van der Waals surface area contributed by atoms with E-state index in [1.54, 1.807) is 79.9 Å². The molecule has 0 saturated carbocycles. The average molecular weight is 461 g/mol. The Kier molecular flexibility index (Phi) is 6.42. The van der Waals surface area contributed by atoms with E-state index in [4.69, 9.17) is 16.3 Å². The van der Waals surface area contributed by atoms with Crippen LogP contribution in [0.3, 0.4) is 0 Å². The highest BCUT2D eigenvalue weighted by atomic mass is 35.5. The minimum atomic E-state index is -0.402. The molecule has 0 saturated heterocycles. The van der Waals surface area contributed by atoms with E-state index in [2.05, 4.69) is 20.9 Å². The zero-order valence-corrected chi connectivity index (χ0v) is 18.7. The van der Waals surface area contributed by atoms with Crippen molar-refractivity contribution in [3.8, 4) is 5.75 Å². The summed E-state index contributed by atoms with van der Waals surface area (Å²) < 4.78 is 5.12. The maximum Gasteiger partial charge on any atom is 0.323 e. The molecule has 0 unspecified atom stereocenters. The molecule has 4 rings (SSSR count). The van der Waals surface area contributed by atoms with Crippen LogP contribution in [0.25, 0.3) is 10.9 Å². The highest BCUT2D eigenvalue weighted by Crippen LogP contribution is 2.28. The highest BCUT2D eigenvalue weighted by molar-refractivity contribution is 6.34. The fraction of sp³-hybridized carbons (Fsp3) is 0.0800. The lowest BCUT2D eigenvalue weighted by molar-refractivity contribution is 0.102. The number of benzene rings is 3. The minimum absolute atomic E-state index is 0.330. The third-order valence-electron chi connectivity index (χ3n) is 4.91. The molecular formula is C25H21ClN4O3. The number of nitrogens with zero attached hydrogens (tertiary/aromatic N) is 1. The van der Waals surface area contributed by atoms with E-state index < -0.39 is 6.03 Å². The maximum absolute atomic E-state index is 12.8. The predicted molar refractivity (Wildman–Crippen MR) is 132 cm³/mol. The first-order valence-corrected chi connectivity index (χ1v) is 10.5. The molecule has 1 aromatic heterocycles. The van der Waals surface area contributed by atoms with Crippen molar-refractivity contribution >= 4 is 51.5 Å². The number of urea groups is 1. The van der Waals surface area contributed by atoms with Crippen molar-refractivity contribution in [1.82, 2.24) is 4.98 Å². The van der Waals surface area contributed by atoms with Gasteiger partial charge in [-0.1, -0.05) is 23.7 Å². The number of hydrogen-bond donors (Lipinski definition) is 3. The number of anilines is 3. The topological polar surface area (TPSA) is 92.3 Å². The van der Waals surface area contributed by atoms with Crippen LogP contribution in [0.1, 0.15) is 16.1 Å². The third-order valence-corrected chi connectivity index (χ3v) is 5.24. The number of pyridine rings is 1. The lowest BCUT2D eigenvalue weighted by Gasteiger charge is -2.13. The Balaban J connectivity index is 1.57. The van der Waals surface area contributed by atoms with Crippen LogP contribution < -0.4 is 20.7 Å². The summed E-state index contributed by atoms with van der Waals surface area (Å²) in [6, 6.07) is 20.5. The Morgan fingerprint density at radius 1 is 0.879 bits per heavy atom. The number of methoxy groups -OCH3 is 1. The van der Waals surface area contributed by atoms with Crippen LogP contribution in [0.5, 0.6) is 5.75 Å². The summed E-state index contributed by atoms with van der Waals surface area (Å²) >= 11 is 6.17. The van der Waals surface area contributed by atoms with Crippen molar-refractivity contribution < 1.29 is 14.3 Å². The lowest BCUT2D eigenvalue weighted by Crippen LogP contribution is -2.19. The summed E-state index contributed by atoms with van der Waals surface area (Å²) in [5.74, 6) is 0.368. The van der Waals surface area contributed by atoms with Gasteiger partial charge in [-0.3, -0.25) is 9.78 Å². The van der Waals surface area contributed by atoms with Crippen LogP contribution in [-0.4, -0.2) is 24.0 Å². The second-order valence-electron chi connectivity index (χ2n) is 7.28. The maximum atomic E-state index is 12.8. The van der Waals surface area contributed by atoms with Crippen LogP contribution in [-0.2, 0) is 0 Å². The van der Waals surface area contributed by atoms with E-state index >= 15 is 0 Å². The fourth-order valence-electron chi connectivity index (χ4n) is 3.34. The summed E-state index contributed by atoms with van der Waals surface area (Å²) in [5.41, 5.74) is 3.54. The van der Waals surface area contributed by atoms with Crippen molar-refractivity contribution in [2.75, 3.05) is 23.1 Å². The molecular weight excluding hydrogens is 440 g/mol. The Hall–Kier alpha value is -4.10. The van der Waals surface area contributed by atoms with Crippen LogP contribution in [0.4, 0.5) is 21.9 Å². The van der Waals surface area contributed by atoms with E-state index in [9.17, 15) is 9.59 Å². The Bertz CT molecular complexity index is 1340. The summed E-state index contributed by atoms with van der Waals surface area (Å²) in [7, 11) is 1.58. The van der Waals surface area contributed by atoms with Crippen molar-refractivity contribution in [3.05, 3.63) is 89.1 Å². The molecule has 0 fully saturated rings. The van der Waals surface area contributed by atoms with Crippen LogP contribution in [0.15, 0.2) is 72.8 Å². The molecule has 33 heavy (non-hydrogen) atoms. The Morgan fingerprint density at radius 2 is 1.58 bits per heavy atom. The molecule has 0 aliphatic heterocycles. The number of aryl methyl sites for hydroxylation is 1. The zero-order chi connectivity index (χ0) is 23.4. The molecule has 0 spiro atoms. The van der Waals surface area contributed by atoms with Gasteiger partial charge in [0.15, 0.2) is 0 Å². The summed E-state index contributed by atoms with van der Waals surface area (Å²) in [6.45, 7) is 1.85. The molecule has 3 aromatic carbocycles. The monoisotopic (exact) mass is 460 g/mol. The van der Waals surface area contributed by atoms with Gasteiger partial charge in [0.05, 0.1) is 28.9 Å². The van der Waals surface area contributed by atoms with E-state index in [1.807, 2.05) is 6.92 Å². The number of carbonyl (C=O) groups is 2. The number of halogens is 1. The molecule has 8 heteroatoms. The Labute approximate surface area is 195 Å². The third kappa shape index (κ3) is 5.22. The molecule has 0 aliphatic carbocycles. The molecule has 0 radical (unpaired) electrons. The van der Waals surface area contributed by atoms with Gasteiger partial charge in [-0.15, -0.1) is 0 Å². The number of aromatic nitrogens is 1. The molecule has 0 atom stereocenters. The van der Waals surface area contributed by atoms with Gasteiger partial charge >= 0.3 is 6.03 Å². The lowest BCUT2D eigenvalue weighted by atomic mass is 10.1. The van der Waals surface area contributed by atoms with E-state index in [-0.39, 0.29) is 5.91 Å². The first-order chi connectivity index (χ1) is 15.9. The van der Waals surface area contributed by atoms with Crippen LogP contribution in [0.2, 0.25) is 5.02 Å². The largest absolute Gasteiger partial charge is 0.497 e. The van der Waals surface area contributed by atoms with Gasteiger partial charge in [-0.2, -0.15) is 0 Å². The van der Waals surface area contributed by atoms with E-state index in [1.165, 1.54) is 0 Å². The first kappa shape index (κ1) is 22.1. The average Bonchev–Trinajstić information content (AvgIpc) is 2.80. The van der Waals surface area contributed by atoms with Crippen LogP contribution in [0, 0.1) is 6.92 Å². The SMILES string of the molecule is COc1ccc(NC(=O)Nc2ccc3nc(C)cc(NC(=O)c4ccccc4Cl)c3c2)cc1. The van der Waals surface area contributed by atoms with Crippen molar-refractivity contribution in [2.45, 2.75) is 6.92 Å². The molecule has 0 bridgehead atoms. The van der Waals surface area contributed by atoms with Gasteiger partial charge in [0.2, 0.25) is 0 Å². The van der Waals surface area contributed by atoms with Gasteiger partial charge in [0.1, 0.15) is 5.75 Å². The number of ether oxygens (including phenoxy) is 1. The molecule has 0 aliphatic rings. The van der Waals surface area contributed by atoms with E-state index in [0.717, 1.165) is 5.69 Å². The van der Waals surface area contributed by atoms with Gasteiger partial charge in [-0.05, 0) is 67.6 Å². The number of fused-ring (bicyclic) bond motifs is 1. The standard InChI is InChI=1S/C25H21ClN4O3/c1-15-13-23(30-24(31)19-5-3-4-6-21(19)26)20-14-17(9-12-22(20)27-15)29-25(32)28-16-7-10-18(33-2)11-8-16/h3-14H,1-2H3,(H,27,30,31)(H2,28,29,32). The molecule has 4 aromatic rings. The van der Waals surface area contributed by atoms with Crippen LogP contribution >= 0.6 is 11.6 Å². The molecule has 3 amide bonds. The summed E-state index contributed by atoms with van der Waals surface area (Å²) in [4.78, 5) is 29.8. The van der Waals surface area contributed by atoms with Gasteiger partial charge in [0.25, 0.3) is 5.91 Å². The number of hydrogen-bond acceptors (Lipinski definition) is 4. The number of carbonyl (C=O) groups excluding carboxylic acids is 2. The highest BCUT2D eigenvalue weighted by Gasteiger charge is 2.13. The smallest absolute Gasteiger partial charge is 0.323 e. The summed E-state index contributed by atoms with van der Waals surface area (Å²) in [6.07, 6.45) is 0. The van der Waals surface area contributed by atoms with Gasteiger partial charge in [0, 0.05) is 22.5 Å². The van der Waals surface area contributed by atoms with Crippen molar-refractivity contribution in [3.63, 3.8) is 0 Å². The number of nitrogens with one attached hydrogen (secondary N) is 3. The fourth-order valence-corrected chi connectivity index (χ4v) is 3.56. The minimum Gasteiger partial charge on any atom is -0.497 e. The van der Waals surface area contributed by atoms with Gasteiger partial charge in [-0.25, -0.2) is 4.79 Å². The number of rotatable bonds is 5.